The third-order valence-electron chi connectivity index (χ3n) is 4.56. The monoisotopic (exact) mass is 355 g/mol. The van der Waals surface area contributed by atoms with Gasteiger partial charge in [0.2, 0.25) is 0 Å². The second kappa shape index (κ2) is 8.56. The maximum absolute atomic E-state index is 12.4. The number of ether oxygens (including phenoxy) is 2. The number of nitrogens with one attached hydrogen (secondary N) is 1. The summed E-state index contributed by atoms with van der Waals surface area (Å²) >= 11 is 0. The summed E-state index contributed by atoms with van der Waals surface area (Å²) in [5.74, 6) is 1.47. The summed E-state index contributed by atoms with van der Waals surface area (Å²) < 4.78 is 10.6. The first-order valence-electron chi connectivity index (χ1n) is 8.91. The first-order valence-corrected chi connectivity index (χ1v) is 8.91. The Balaban J connectivity index is 1.58. The summed E-state index contributed by atoms with van der Waals surface area (Å²) in [6.07, 6.45) is 4.67. The molecule has 1 saturated heterocycles. The van der Waals surface area contributed by atoms with Gasteiger partial charge in [0, 0.05) is 31.5 Å². The normalized spacial score (nSPS) is 13.5. The molecule has 6 heteroatoms. The van der Waals surface area contributed by atoms with Gasteiger partial charge in [0.05, 0.1) is 14.2 Å². The average Bonchev–Trinajstić information content (AvgIpc) is 3.22. The van der Waals surface area contributed by atoms with E-state index in [-0.39, 0.29) is 5.91 Å². The van der Waals surface area contributed by atoms with Crippen LogP contribution >= 0.6 is 0 Å². The molecule has 2 heterocycles. The van der Waals surface area contributed by atoms with Crippen LogP contribution in [0.2, 0.25) is 0 Å². The zero-order valence-corrected chi connectivity index (χ0v) is 15.3. The number of methoxy groups -OCH3 is 2. The SMILES string of the molecule is COc1ccc(CCNc2ccnc(C(=O)N3CCCC3)c2)cc1OC. The van der Waals surface area contributed by atoms with Crippen LogP contribution in [0.25, 0.3) is 0 Å². The third-order valence-corrected chi connectivity index (χ3v) is 4.56. The molecule has 0 bridgehead atoms. The number of carbonyl (C=O) groups excluding carboxylic acids is 1. The Bertz CT molecular complexity index is 758. The second-order valence-corrected chi connectivity index (χ2v) is 6.30. The fourth-order valence-corrected chi connectivity index (χ4v) is 3.13. The van der Waals surface area contributed by atoms with Gasteiger partial charge in [0.25, 0.3) is 5.91 Å². The molecule has 1 fully saturated rings. The molecule has 0 radical (unpaired) electrons. The van der Waals surface area contributed by atoms with Crippen LogP contribution in [0.3, 0.4) is 0 Å². The van der Waals surface area contributed by atoms with E-state index in [0.29, 0.717) is 5.69 Å². The lowest BCUT2D eigenvalue weighted by Gasteiger charge is -2.15. The number of amides is 1. The van der Waals surface area contributed by atoms with Crippen LogP contribution in [-0.2, 0) is 6.42 Å². The highest BCUT2D eigenvalue weighted by Gasteiger charge is 2.20. The van der Waals surface area contributed by atoms with Crippen molar-refractivity contribution >= 4 is 11.6 Å². The van der Waals surface area contributed by atoms with Gasteiger partial charge < -0.3 is 19.7 Å². The number of pyridine rings is 1. The molecular weight excluding hydrogens is 330 g/mol. The number of anilines is 1. The van der Waals surface area contributed by atoms with Crippen LogP contribution < -0.4 is 14.8 Å². The summed E-state index contributed by atoms with van der Waals surface area (Å²) in [6, 6.07) is 9.63. The van der Waals surface area contributed by atoms with Crippen molar-refractivity contribution in [2.24, 2.45) is 0 Å². The molecular formula is C20H25N3O3. The number of nitrogens with zero attached hydrogens (tertiary/aromatic N) is 2. The highest BCUT2D eigenvalue weighted by molar-refractivity contribution is 5.93. The van der Waals surface area contributed by atoms with Crippen LogP contribution in [0, 0.1) is 0 Å². The number of hydrogen-bond donors (Lipinski definition) is 1. The van der Waals surface area contributed by atoms with Gasteiger partial charge in [-0.05, 0) is 49.1 Å². The quantitative estimate of drug-likeness (QED) is 0.827. The molecule has 1 aromatic heterocycles. The minimum Gasteiger partial charge on any atom is -0.493 e. The van der Waals surface area contributed by atoms with Crippen molar-refractivity contribution in [3.8, 4) is 11.5 Å². The second-order valence-electron chi connectivity index (χ2n) is 6.30. The maximum atomic E-state index is 12.4. The fourth-order valence-electron chi connectivity index (χ4n) is 3.13. The van der Waals surface area contributed by atoms with Gasteiger partial charge in [-0.3, -0.25) is 9.78 Å². The number of aromatic nitrogens is 1. The van der Waals surface area contributed by atoms with Gasteiger partial charge in [-0.2, -0.15) is 0 Å². The predicted molar refractivity (Wildman–Crippen MR) is 101 cm³/mol. The lowest BCUT2D eigenvalue weighted by Crippen LogP contribution is -2.28. The minimum atomic E-state index is 0.0195. The molecule has 1 aliphatic heterocycles. The molecule has 0 aliphatic carbocycles. The molecule has 0 atom stereocenters. The average molecular weight is 355 g/mol. The van der Waals surface area contributed by atoms with E-state index in [2.05, 4.69) is 10.3 Å². The van der Waals surface area contributed by atoms with Crippen molar-refractivity contribution < 1.29 is 14.3 Å². The first kappa shape index (κ1) is 18.0. The van der Waals surface area contributed by atoms with Crippen molar-refractivity contribution in [3.63, 3.8) is 0 Å². The van der Waals surface area contributed by atoms with Gasteiger partial charge in [-0.1, -0.05) is 6.07 Å². The van der Waals surface area contributed by atoms with E-state index in [9.17, 15) is 4.79 Å². The summed E-state index contributed by atoms with van der Waals surface area (Å²) in [4.78, 5) is 18.5. The van der Waals surface area contributed by atoms with E-state index in [1.807, 2.05) is 35.2 Å². The van der Waals surface area contributed by atoms with E-state index in [4.69, 9.17) is 9.47 Å². The lowest BCUT2D eigenvalue weighted by atomic mass is 10.1. The van der Waals surface area contributed by atoms with Crippen molar-refractivity contribution in [1.82, 2.24) is 9.88 Å². The highest BCUT2D eigenvalue weighted by Crippen LogP contribution is 2.27. The Hall–Kier alpha value is -2.76. The smallest absolute Gasteiger partial charge is 0.272 e. The van der Waals surface area contributed by atoms with E-state index in [0.717, 1.165) is 61.6 Å². The van der Waals surface area contributed by atoms with E-state index < -0.39 is 0 Å². The van der Waals surface area contributed by atoms with E-state index in [1.54, 1.807) is 20.4 Å². The van der Waals surface area contributed by atoms with Gasteiger partial charge in [-0.15, -0.1) is 0 Å². The van der Waals surface area contributed by atoms with Crippen LogP contribution in [0.4, 0.5) is 5.69 Å². The Labute approximate surface area is 154 Å². The number of likely N-dealkylation sites (tertiary alicyclic amines) is 1. The number of benzene rings is 1. The molecule has 1 N–H and O–H groups in total. The van der Waals surface area contributed by atoms with E-state index >= 15 is 0 Å². The van der Waals surface area contributed by atoms with Gasteiger partial charge in [0.1, 0.15) is 5.69 Å². The summed E-state index contributed by atoms with van der Waals surface area (Å²) in [7, 11) is 3.26. The molecule has 0 unspecified atom stereocenters. The zero-order valence-electron chi connectivity index (χ0n) is 15.3. The predicted octanol–water partition coefficient (Wildman–Crippen LogP) is 2.99. The van der Waals surface area contributed by atoms with Gasteiger partial charge in [-0.25, -0.2) is 0 Å². The molecule has 3 rings (SSSR count). The van der Waals surface area contributed by atoms with Gasteiger partial charge in [0.15, 0.2) is 11.5 Å². The summed E-state index contributed by atoms with van der Waals surface area (Å²) in [6.45, 7) is 2.41. The van der Waals surface area contributed by atoms with Crippen LogP contribution in [0.1, 0.15) is 28.9 Å². The molecule has 1 aromatic carbocycles. The van der Waals surface area contributed by atoms with Crippen LogP contribution in [-0.4, -0.2) is 49.6 Å². The van der Waals surface area contributed by atoms with Crippen molar-refractivity contribution in [1.29, 1.82) is 0 Å². The molecule has 1 aliphatic rings. The fraction of sp³-hybridized carbons (Fsp3) is 0.400. The van der Waals surface area contributed by atoms with E-state index in [1.165, 1.54) is 0 Å². The van der Waals surface area contributed by atoms with Crippen molar-refractivity contribution in [2.45, 2.75) is 19.3 Å². The maximum Gasteiger partial charge on any atom is 0.272 e. The summed E-state index contributed by atoms with van der Waals surface area (Å²) in [5, 5.41) is 3.36. The Morgan fingerprint density at radius 3 is 2.62 bits per heavy atom. The minimum absolute atomic E-state index is 0.0195. The molecule has 0 saturated carbocycles. The van der Waals surface area contributed by atoms with Crippen molar-refractivity contribution in [3.05, 3.63) is 47.8 Å². The number of carbonyl (C=O) groups is 1. The molecule has 1 amide bonds. The van der Waals surface area contributed by atoms with Crippen LogP contribution in [0.15, 0.2) is 36.5 Å². The van der Waals surface area contributed by atoms with Crippen LogP contribution in [0.5, 0.6) is 11.5 Å². The summed E-state index contributed by atoms with van der Waals surface area (Å²) in [5.41, 5.74) is 2.56. The lowest BCUT2D eigenvalue weighted by molar-refractivity contribution is 0.0787. The molecule has 138 valence electrons. The van der Waals surface area contributed by atoms with Gasteiger partial charge >= 0.3 is 0 Å². The Kier molecular flexibility index (Phi) is 5.94. The zero-order chi connectivity index (χ0) is 18.4. The molecule has 0 spiro atoms. The highest BCUT2D eigenvalue weighted by atomic mass is 16.5. The topological polar surface area (TPSA) is 63.7 Å². The van der Waals surface area contributed by atoms with Crippen molar-refractivity contribution in [2.75, 3.05) is 39.2 Å². The molecule has 2 aromatic rings. The largest absolute Gasteiger partial charge is 0.493 e. The molecule has 6 nitrogen and oxygen atoms in total. The third kappa shape index (κ3) is 4.25. The first-order chi connectivity index (χ1) is 12.7. The standard InChI is InChI=1S/C20H25N3O3/c1-25-18-6-5-15(13-19(18)26-2)7-9-21-16-8-10-22-17(14-16)20(24)23-11-3-4-12-23/h5-6,8,10,13-14H,3-4,7,9,11-12H2,1-2H3,(H,21,22). The number of hydrogen-bond acceptors (Lipinski definition) is 5. The molecule has 26 heavy (non-hydrogen) atoms. The number of rotatable bonds is 7. The Morgan fingerprint density at radius 2 is 1.88 bits per heavy atom. The Morgan fingerprint density at radius 1 is 1.12 bits per heavy atom.